The van der Waals surface area contributed by atoms with E-state index in [1.54, 1.807) is 0 Å². The van der Waals surface area contributed by atoms with E-state index >= 15 is 0 Å². The number of likely N-dealkylation sites (tertiary alicyclic amines) is 1. The van der Waals surface area contributed by atoms with Crippen molar-refractivity contribution in [1.29, 1.82) is 0 Å². The molecule has 0 aromatic carbocycles. The molecule has 3 rings (SSSR count). The third kappa shape index (κ3) is 4.62. The van der Waals surface area contributed by atoms with Crippen LogP contribution in [-0.2, 0) is 11.3 Å². The predicted octanol–water partition coefficient (Wildman–Crippen LogP) is 0.180. The average molecular weight is 373 g/mol. The molecule has 2 aromatic rings. The van der Waals surface area contributed by atoms with Crippen molar-refractivity contribution >= 4 is 11.8 Å². The zero-order valence-electron chi connectivity index (χ0n) is 15.3. The maximum absolute atomic E-state index is 12.4. The summed E-state index contributed by atoms with van der Waals surface area (Å²) in [6.07, 6.45) is 2.82. The smallest absolute Gasteiger partial charge is 0.271 e. The Bertz CT molecular complexity index is 854. The lowest BCUT2D eigenvalue weighted by atomic mass is 10.1. The molecule has 0 aliphatic carbocycles. The summed E-state index contributed by atoms with van der Waals surface area (Å²) >= 11 is 0. The van der Waals surface area contributed by atoms with Gasteiger partial charge in [-0.05, 0) is 32.4 Å². The number of carbonyl (C=O) groups excluding carboxylic acids is 2. The number of hydrogen-bond donors (Lipinski definition) is 3. The molecule has 2 atom stereocenters. The van der Waals surface area contributed by atoms with Crippen LogP contribution in [0.4, 0.5) is 0 Å². The fourth-order valence-electron chi connectivity index (χ4n) is 3.24. The van der Waals surface area contributed by atoms with Crippen LogP contribution in [0.3, 0.4) is 0 Å². The molecule has 27 heavy (non-hydrogen) atoms. The van der Waals surface area contributed by atoms with E-state index in [4.69, 9.17) is 4.42 Å². The summed E-state index contributed by atoms with van der Waals surface area (Å²) in [5.74, 6) is 1.13. The van der Waals surface area contributed by atoms with Crippen LogP contribution in [0.25, 0.3) is 0 Å². The molecule has 0 radical (unpaired) electrons. The number of aromatic amines is 1. The monoisotopic (exact) mass is 373 g/mol. The third-order valence-corrected chi connectivity index (χ3v) is 4.45. The summed E-state index contributed by atoms with van der Waals surface area (Å²) in [6.45, 7) is 5.28. The molecule has 2 aromatic heterocycles. The molecule has 1 fully saturated rings. The number of furan rings is 1. The number of hydrogen-bond acceptors (Lipinski definition) is 6. The molecule has 1 aliphatic heterocycles. The van der Waals surface area contributed by atoms with E-state index in [-0.39, 0.29) is 35.2 Å². The van der Waals surface area contributed by atoms with Crippen LogP contribution in [0.2, 0.25) is 0 Å². The van der Waals surface area contributed by atoms with E-state index in [0.29, 0.717) is 26.1 Å². The van der Waals surface area contributed by atoms with Crippen LogP contribution >= 0.6 is 0 Å². The van der Waals surface area contributed by atoms with Gasteiger partial charge in [0.15, 0.2) is 0 Å². The van der Waals surface area contributed by atoms with Crippen LogP contribution < -0.4 is 16.2 Å². The summed E-state index contributed by atoms with van der Waals surface area (Å²) in [4.78, 5) is 44.1. The SMILES string of the molecule is CCNC(=O)[C@@H]1C[C@H](NC(=O)c2c[nH]c(=O)cn2)CN1Cc1ccc(C)o1. The average Bonchev–Trinajstić information content (AvgIpc) is 3.22. The molecule has 1 saturated heterocycles. The van der Waals surface area contributed by atoms with Crippen molar-refractivity contribution in [2.45, 2.75) is 38.9 Å². The fourth-order valence-corrected chi connectivity index (χ4v) is 3.24. The number of aryl methyl sites for hydroxylation is 1. The van der Waals surface area contributed by atoms with Crippen LogP contribution in [0.15, 0.2) is 33.7 Å². The van der Waals surface area contributed by atoms with Crippen LogP contribution in [-0.4, -0.2) is 51.9 Å². The molecule has 2 amide bonds. The van der Waals surface area contributed by atoms with Gasteiger partial charge in [-0.3, -0.25) is 19.3 Å². The Balaban J connectivity index is 1.69. The van der Waals surface area contributed by atoms with Gasteiger partial charge < -0.3 is 20.0 Å². The summed E-state index contributed by atoms with van der Waals surface area (Å²) in [7, 11) is 0. The van der Waals surface area contributed by atoms with Gasteiger partial charge in [0.05, 0.1) is 18.8 Å². The predicted molar refractivity (Wildman–Crippen MR) is 97.1 cm³/mol. The highest BCUT2D eigenvalue weighted by molar-refractivity contribution is 5.92. The Morgan fingerprint density at radius 3 is 2.85 bits per heavy atom. The maximum Gasteiger partial charge on any atom is 0.271 e. The van der Waals surface area contributed by atoms with Crippen LogP contribution in [0.5, 0.6) is 0 Å². The van der Waals surface area contributed by atoms with Crippen molar-refractivity contribution < 1.29 is 14.0 Å². The zero-order valence-corrected chi connectivity index (χ0v) is 15.3. The van der Waals surface area contributed by atoms with Gasteiger partial charge in [-0.25, -0.2) is 4.98 Å². The number of H-pyrrole nitrogens is 1. The fraction of sp³-hybridized carbons (Fsp3) is 0.444. The largest absolute Gasteiger partial charge is 0.465 e. The highest BCUT2D eigenvalue weighted by Crippen LogP contribution is 2.22. The van der Waals surface area contributed by atoms with Gasteiger partial charge in [-0.1, -0.05) is 0 Å². The number of nitrogens with one attached hydrogen (secondary N) is 3. The van der Waals surface area contributed by atoms with E-state index in [9.17, 15) is 14.4 Å². The molecular weight excluding hydrogens is 350 g/mol. The zero-order chi connectivity index (χ0) is 19.4. The number of aromatic nitrogens is 2. The number of likely N-dealkylation sites (N-methyl/N-ethyl adjacent to an activating group) is 1. The van der Waals surface area contributed by atoms with E-state index in [0.717, 1.165) is 17.7 Å². The van der Waals surface area contributed by atoms with Crippen molar-refractivity contribution in [1.82, 2.24) is 25.5 Å². The second-order valence-electron chi connectivity index (χ2n) is 6.55. The molecule has 0 spiro atoms. The summed E-state index contributed by atoms with van der Waals surface area (Å²) in [6, 6.07) is 3.20. The lowest BCUT2D eigenvalue weighted by molar-refractivity contribution is -0.125. The van der Waals surface area contributed by atoms with Gasteiger partial charge in [-0.15, -0.1) is 0 Å². The molecule has 1 aliphatic rings. The molecule has 0 saturated carbocycles. The van der Waals surface area contributed by atoms with E-state index < -0.39 is 0 Å². The van der Waals surface area contributed by atoms with E-state index in [2.05, 4.69) is 20.6 Å². The lowest BCUT2D eigenvalue weighted by Gasteiger charge is -2.22. The first-order chi connectivity index (χ1) is 13.0. The van der Waals surface area contributed by atoms with Gasteiger partial charge in [0.25, 0.3) is 11.5 Å². The molecule has 144 valence electrons. The first-order valence-corrected chi connectivity index (χ1v) is 8.89. The Hall–Kier alpha value is -2.94. The van der Waals surface area contributed by atoms with Gasteiger partial charge >= 0.3 is 0 Å². The molecule has 3 heterocycles. The Morgan fingerprint density at radius 2 is 2.22 bits per heavy atom. The first-order valence-electron chi connectivity index (χ1n) is 8.89. The van der Waals surface area contributed by atoms with E-state index in [1.807, 2.05) is 30.9 Å². The highest BCUT2D eigenvalue weighted by Gasteiger charge is 2.37. The topological polar surface area (TPSA) is 120 Å². The molecule has 9 nitrogen and oxygen atoms in total. The molecular formula is C18H23N5O4. The number of carbonyl (C=O) groups is 2. The Kier molecular flexibility index (Phi) is 5.70. The summed E-state index contributed by atoms with van der Waals surface area (Å²) in [5, 5.41) is 5.73. The second-order valence-corrected chi connectivity index (χ2v) is 6.55. The standard InChI is InChI=1S/C18H23N5O4/c1-3-19-18(26)15-6-12(9-23(15)10-13-5-4-11(2)27-13)22-17(25)14-7-21-16(24)8-20-14/h4-5,7-8,12,15H,3,6,9-10H2,1-2H3,(H,19,26)(H,21,24)(H,22,25)/t12-,15-/m0/s1. The van der Waals surface area contributed by atoms with Crippen molar-refractivity contribution in [3.05, 3.63) is 52.1 Å². The van der Waals surface area contributed by atoms with Crippen LogP contribution in [0, 0.1) is 6.92 Å². The normalized spacial score (nSPS) is 19.8. The highest BCUT2D eigenvalue weighted by atomic mass is 16.3. The Labute approximate surface area is 156 Å². The molecule has 9 heteroatoms. The summed E-state index contributed by atoms with van der Waals surface area (Å²) < 4.78 is 5.63. The minimum atomic E-state index is -0.387. The number of nitrogens with zero attached hydrogens (tertiary/aromatic N) is 2. The van der Waals surface area contributed by atoms with E-state index in [1.165, 1.54) is 6.20 Å². The van der Waals surface area contributed by atoms with Crippen molar-refractivity contribution in [3.8, 4) is 0 Å². The minimum Gasteiger partial charge on any atom is -0.465 e. The number of amides is 2. The molecule has 0 bridgehead atoms. The van der Waals surface area contributed by atoms with Crippen molar-refractivity contribution in [3.63, 3.8) is 0 Å². The Morgan fingerprint density at radius 1 is 1.41 bits per heavy atom. The van der Waals surface area contributed by atoms with Crippen molar-refractivity contribution in [2.24, 2.45) is 0 Å². The molecule has 3 N–H and O–H groups in total. The quantitative estimate of drug-likeness (QED) is 0.664. The maximum atomic E-state index is 12.4. The van der Waals surface area contributed by atoms with Crippen molar-refractivity contribution in [2.75, 3.05) is 13.1 Å². The van der Waals surface area contributed by atoms with Gasteiger partial charge in [0.2, 0.25) is 5.91 Å². The second kappa shape index (κ2) is 8.17. The first kappa shape index (κ1) is 18.8. The lowest BCUT2D eigenvalue weighted by Crippen LogP contribution is -2.42. The third-order valence-electron chi connectivity index (χ3n) is 4.45. The minimum absolute atomic E-state index is 0.0697. The molecule has 0 unspecified atom stereocenters. The summed E-state index contributed by atoms with van der Waals surface area (Å²) in [5.41, 5.74) is -0.243. The van der Waals surface area contributed by atoms with Gasteiger partial charge in [0, 0.05) is 25.3 Å². The van der Waals surface area contributed by atoms with Crippen LogP contribution in [0.1, 0.15) is 35.4 Å². The number of rotatable bonds is 6. The van der Waals surface area contributed by atoms with Gasteiger partial charge in [-0.2, -0.15) is 0 Å². The van der Waals surface area contributed by atoms with Gasteiger partial charge in [0.1, 0.15) is 17.2 Å².